The van der Waals surface area contributed by atoms with Crippen molar-refractivity contribution in [3.05, 3.63) is 34.6 Å². The first-order chi connectivity index (χ1) is 15.0. The summed E-state index contributed by atoms with van der Waals surface area (Å²) in [4.78, 5) is 52.4. The Bertz CT molecular complexity index is 892. The van der Waals surface area contributed by atoms with Crippen molar-refractivity contribution >= 4 is 24.0 Å². The lowest BCUT2D eigenvalue weighted by atomic mass is 9.82. The molecule has 2 aliphatic rings. The van der Waals surface area contributed by atoms with Gasteiger partial charge >= 0.3 is 24.0 Å². The normalized spacial score (nSPS) is 20.2. The molecule has 32 heavy (non-hydrogen) atoms. The van der Waals surface area contributed by atoms with Crippen LogP contribution in [0.1, 0.15) is 34.1 Å². The molecular formula is C22H29NO9. The largest absolute Gasteiger partial charge is 0.466 e. The monoisotopic (exact) mass is 451 g/mol. The smallest absolute Gasteiger partial charge is 0.415 e. The third kappa shape index (κ3) is 4.85. The first-order valence-corrected chi connectivity index (χ1v) is 10.1. The average Bonchev–Trinajstić information content (AvgIpc) is 3.05. The number of aliphatic hydroxyl groups excluding tert-OH is 1. The molecule has 10 nitrogen and oxygen atoms in total. The molecule has 0 unspecified atom stereocenters. The number of ether oxygens (including phenoxy) is 4. The minimum Gasteiger partial charge on any atom is -0.466 e. The number of amides is 1. The van der Waals surface area contributed by atoms with Gasteiger partial charge in [-0.2, -0.15) is 0 Å². The van der Waals surface area contributed by atoms with Crippen LogP contribution in [0.15, 0.2) is 34.6 Å². The van der Waals surface area contributed by atoms with Crippen molar-refractivity contribution in [3.63, 3.8) is 0 Å². The van der Waals surface area contributed by atoms with Crippen molar-refractivity contribution in [3.8, 4) is 0 Å². The maximum atomic E-state index is 13.3. The molecule has 1 aliphatic carbocycles. The number of carbonyl (C=O) groups excluding carboxylic acids is 4. The number of rotatable bonds is 6. The van der Waals surface area contributed by atoms with Crippen LogP contribution in [-0.4, -0.2) is 73.1 Å². The third-order valence-corrected chi connectivity index (χ3v) is 4.85. The zero-order valence-corrected chi connectivity index (χ0v) is 19.1. The zero-order chi connectivity index (χ0) is 24.2. The van der Waals surface area contributed by atoms with Gasteiger partial charge in [0.05, 0.1) is 43.6 Å². The fourth-order valence-corrected chi connectivity index (χ4v) is 3.75. The first-order valence-electron chi connectivity index (χ1n) is 10.1. The van der Waals surface area contributed by atoms with Gasteiger partial charge in [-0.1, -0.05) is 12.2 Å². The van der Waals surface area contributed by atoms with Crippen LogP contribution in [0.25, 0.3) is 0 Å². The molecule has 0 bridgehead atoms. The van der Waals surface area contributed by atoms with Gasteiger partial charge in [-0.25, -0.2) is 19.2 Å². The summed E-state index contributed by atoms with van der Waals surface area (Å²) in [6.45, 7) is 6.32. The van der Waals surface area contributed by atoms with Crippen LogP contribution in [0.5, 0.6) is 0 Å². The van der Waals surface area contributed by atoms with Gasteiger partial charge in [-0.3, -0.25) is 4.90 Å². The molecule has 10 heteroatoms. The van der Waals surface area contributed by atoms with Gasteiger partial charge < -0.3 is 24.1 Å². The average molecular weight is 451 g/mol. The topological polar surface area (TPSA) is 129 Å². The van der Waals surface area contributed by atoms with Gasteiger partial charge in [0.25, 0.3) is 0 Å². The van der Waals surface area contributed by atoms with Crippen LogP contribution in [0.2, 0.25) is 0 Å². The number of methoxy groups -OCH3 is 2. The van der Waals surface area contributed by atoms with E-state index in [0.29, 0.717) is 0 Å². The SMILES string of the molecule is CCOC(=O)C1=C(CCO)N(C(=O)OC(C)(C)C)[C@H]2C(C(=O)OC)=C(C(=O)OC)C=C[C@@H]12. The van der Waals surface area contributed by atoms with Gasteiger partial charge in [-0.05, 0) is 27.7 Å². The number of esters is 3. The molecule has 0 fully saturated rings. The van der Waals surface area contributed by atoms with Crippen molar-refractivity contribution in [1.82, 2.24) is 4.90 Å². The highest BCUT2D eigenvalue weighted by Gasteiger charge is 2.52. The Balaban J connectivity index is 2.78. The van der Waals surface area contributed by atoms with Gasteiger partial charge in [0, 0.05) is 24.6 Å². The summed E-state index contributed by atoms with van der Waals surface area (Å²) in [6, 6.07) is -1.13. The predicted molar refractivity (Wildman–Crippen MR) is 111 cm³/mol. The fraction of sp³-hybridized carbons (Fsp3) is 0.545. The first kappa shape index (κ1) is 25.1. The molecule has 1 aliphatic heterocycles. The van der Waals surface area contributed by atoms with E-state index in [1.165, 1.54) is 12.2 Å². The molecule has 176 valence electrons. The molecular weight excluding hydrogens is 422 g/mol. The quantitative estimate of drug-likeness (QED) is 0.473. The van der Waals surface area contributed by atoms with Crippen LogP contribution < -0.4 is 0 Å². The van der Waals surface area contributed by atoms with Crippen LogP contribution in [-0.2, 0) is 33.3 Å². The number of aliphatic hydroxyl groups is 1. The molecule has 1 heterocycles. The molecule has 0 aromatic heterocycles. The van der Waals surface area contributed by atoms with Crippen molar-refractivity contribution in [2.45, 2.75) is 45.8 Å². The van der Waals surface area contributed by atoms with Crippen LogP contribution in [0.4, 0.5) is 4.79 Å². The van der Waals surface area contributed by atoms with Crippen molar-refractivity contribution < 1.29 is 43.2 Å². The highest BCUT2D eigenvalue weighted by molar-refractivity contribution is 6.05. The highest BCUT2D eigenvalue weighted by atomic mass is 16.6. The molecule has 0 spiro atoms. The third-order valence-electron chi connectivity index (χ3n) is 4.85. The molecule has 1 N–H and O–H groups in total. The Labute approximate surface area is 186 Å². The number of fused-ring (bicyclic) bond motifs is 1. The summed E-state index contributed by atoms with van der Waals surface area (Å²) < 4.78 is 20.4. The second-order valence-corrected chi connectivity index (χ2v) is 8.05. The van der Waals surface area contributed by atoms with Crippen molar-refractivity contribution in [1.29, 1.82) is 0 Å². The molecule has 2 atom stereocenters. The Hall–Kier alpha value is -3.14. The van der Waals surface area contributed by atoms with E-state index in [-0.39, 0.29) is 42.1 Å². The second-order valence-electron chi connectivity index (χ2n) is 8.05. The summed E-state index contributed by atoms with van der Waals surface area (Å²) in [7, 11) is 2.29. The zero-order valence-electron chi connectivity index (χ0n) is 19.1. The van der Waals surface area contributed by atoms with Gasteiger partial charge in [-0.15, -0.1) is 0 Å². The second kappa shape index (κ2) is 9.99. The Kier molecular flexibility index (Phi) is 7.84. The summed E-state index contributed by atoms with van der Waals surface area (Å²) in [5.74, 6) is -3.21. The molecule has 0 aromatic carbocycles. The molecule has 0 aromatic rings. The van der Waals surface area contributed by atoms with E-state index < -0.39 is 41.6 Å². The molecule has 1 amide bonds. The molecule has 0 saturated heterocycles. The summed E-state index contributed by atoms with van der Waals surface area (Å²) in [5.41, 5.74) is -0.922. The van der Waals surface area contributed by atoms with Crippen LogP contribution in [0, 0.1) is 5.92 Å². The van der Waals surface area contributed by atoms with E-state index in [0.717, 1.165) is 19.1 Å². The van der Waals surface area contributed by atoms with E-state index in [9.17, 15) is 24.3 Å². The fourth-order valence-electron chi connectivity index (χ4n) is 3.75. The van der Waals surface area contributed by atoms with Gasteiger partial charge in [0.2, 0.25) is 0 Å². The van der Waals surface area contributed by atoms with E-state index in [2.05, 4.69) is 0 Å². The molecule has 2 rings (SSSR count). The number of nitrogens with zero attached hydrogens (tertiary/aromatic N) is 1. The van der Waals surface area contributed by atoms with Gasteiger partial charge in [0.15, 0.2) is 0 Å². The number of carbonyl (C=O) groups is 4. The lowest BCUT2D eigenvalue weighted by molar-refractivity contribution is -0.140. The molecule has 0 radical (unpaired) electrons. The summed E-state index contributed by atoms with van der Waals surface area (Å²) in [6.07, 6.45) is 1.94. The van der Waals surface area contributed by atoms with Crippen molar-refractivity contribution in [2.75, 3.05) is 27.4 Å². The maximum Gasteiger partial charge on any atom is 0.415 e. The Morgan fingerprint density at radius 1 is 1.03 bits per heavy atom. The van der Waals surface area contributed by atoms with E-state index in [1.54, 1.807) is 27.7 Å². The summed E-state index contributed by atoms with van der Waals surface area (Å²) >= 11 is 0. The standard InChI is InChI=1S/C22H29NO9/c1-7-31-20(27)15-12-8-9-13(18(25)29-5)16(19(26)30-6)17(12)23(14(15)10-11-24)21(28)32-22(2,3)4/h8-9,12,17,24H,7,10-11H2,1-6H3/t12-,17+/m0/s1. The lowest BCUT2D eigenvalue weighted by Crippen LogP contribution is -2.46. The van der Waals surface area contributed by atoms with E-state index in [1.807, 2.05) is 0 Å². The van der Waals surface area contributed by atoms with Crippen molar-refractivity contribution in [2.24, 2.45) is 5.92 Å². The number of hydrogen-bond donors (Lipinski definition) is 1. The predicted octanol–water partition coefficient (Wildman–Crippen LogP) is 1.63. The minimum atomic E-state index is -1.13. The maximum absolute atomic E-state index is 13.3. The van der Waals surface area contributed by atoms with Crippen LogP contribution >= 0.6 is 0 Å². The van der Waals surface area contributed by atoms with E-state index in [4.69, 9.17) is 18.9 Å². The van der Waals surface area contributed by atoms with Gasteiger partial charge in [0.1, 0.15) is 5.60 Å². The lowest BCUT2D eigenvalue weighted by Gasteiger charge is -2.34. The van der Waals surface area contributed by atoms with Crippen LogP contribution in [0.3, 0.4) is 0 Å². The molecule has 0 saturated carbocycles. The number of hydrogen-bond acceptors (Lipinski definition) is 9. The highest BCUT2D eigenvalue weighted by Crippen LogP contribution is 2.45. The minimum absolute atomic E-state index is 0.0788. The Morgan fingerprint density at radius 3 is 2.16 bits per heavy atom. The summed E-state index contributed by atoms with van der Waals surface area (Å²) in [5, 5.41) is 9.66. The Morgan fingerprint density at radius 2 is 1.66 bits per heavy atom. The van der Waals surface area contributed by atoms with E-state index >= 15 is 0 Å².